The van der Waals surface area contributed by atoms with Gasteiger partial charge in [0.05, 0.1) is 12.7 Å². The zero-order valence-corrected chi connectivity index (χ0v) is 6.29. The molecule has 0 unspecified atom stereocenters. The predicted octanol–water partition coefficient (Wildman–Crippen LogP) is 1.17. The van der Waals surface area contributed by atoms with E-state index in [9.17, 15) is 0 Å². The zero-order chi connectivity index (χ0) is 7.40. The first-order valence-corrected chi connectivity index (χ1v) is 3.41. The molecular formula is C7H12N2O. The molecule has 0 aliphatic carbocycles. The summed E-state index contributed by atoms with van der Waals surface area (Å²) in [6.07, 6.45) is 3.23. The maximum atomic E-state index is 5.01. The number of rotatable bonds is 3. The minimum Gasteiger partial charge on any atom is -0.448 e. The summed E-state index contributed by atoms with van der Waals surface area (Å²) in [5, 5.41) is 3.19. The summed E-state index contributed by atoms with van der Waals surface area (Å²) in [5.41, 5.74) is 0. The fourth-order valence-corrected chi connectivity index (χ4v) is 0.632. The Morgan fingerprint density at radius 1 is 1.70 bits per heavy atom. The number of nitrogens with zero attached hydrogens (tertiary/aromatic N) is 1. The average Bonchev–Trinajstić information content (AvgIpc) is 2.34. The molecular weight excluding hydrogens is 128 g/mol. The van der Waals surface area contributed by atoms with Gasteiger partial charge < -0.3 is 9.73 Å². The van der Waals surface area contributed by atoms with Crippen molar-refractivity contribution in [1.29, 1.82) is 0 Å². The SMILES string of the molecule is CC(C)NCc1ncco1. The molecule has 0 aromatic carbocycles. The summed E-state index contributed by atoms with van der Waals surface area (Å²) in [5.74, 6) is 0.744. The molecule has 0 saturated heterocycles. The van der Waals surface area contributed by atoms with Crippen LogP contribution in [0.15, 0.2) is 16.9 Å². The maximum absolute atomic E-state index is 5.01. The Morgan fingerprint density at radius 2 is 2.50 bits per heavy atom. The molecule has 0 atom stereocenters. The van der Waals surface area contributed by atoms with Gasteiger partial charge in [0.15, 0.2) is 0 Å². The standard InChI is InChI=1S/C7H12N2O/c1-6(2)9-5-7-8-3-4-10-7/h3-4,6,9H,5H2,1-2H3. The molecule has 1 rings (SSSR count). The van der Waals surface area contributed by atoms with Crippen molar-refractivity contribution in [3.63, 3.8) is 0 Å². The van der Waals surface area contributed by atoms with E-state index < -0.39 is 0 Å². The second-order valence-electron chi connectivity index (χ2n) is 2.46. The van der Waals surface area contributed by atoms with Crippen LogP contribution in [0, 0.1) is 0 Å². The third kappa shape index (κ3) is 2.19. The van der Waals surface area contributed by atoms with Gasteiger partial charge in [0.1, 0.15) is 6.26 Å². The fourth-order valence-electron chi connectivity index (χ4n) is 0.632. The summed E-state index contributed by atoms with van der Waals surface area (Å²) < 4.78 is 5.01. The molecule has 0 spiro atoms. The third-order valence-electron chi connectivity index (χ3n) is 1.15. The second-order valence-corrected chi connectivity index (χ2v) is 2.46. The lowest BCUT2D eigenvalue weighted by atomic mass is 10.4. The Balaban J connectivity index is 2.28. The summed E-state index contributed by atoms with van der Waals surface area (Å²) in [4.78, 5) is 3.96. The molecule has 0 amide bonds. The van der Waals surface area contributed by atoms with Gasteiger partial charge in [-0.2, -0.15) is 0 Å². The monoisotopic (exact) mass is 140 g/mol. The highest BCUT2D eigenvalue weighted by atomic mass is 16.3. The molecule has 1 N–H and O–H groups in total. The lowest BCUT2D eigenvalue weighted by Gasteiger charge is -2.03. The van der Waals surface area contributed by atoms with Crippen molar-refractivity contribution >= 4 is 0 Å². The highest BCUT2D eigenvalue weighted by Crippen LogP contribution is 1.93. The van der Waals surface area contributed by atoms with Crippen LogP contribution in [0.4, 0.5) is 0 Å². The molecule has 0 saturated carbocycles. The number of hydrogen-bond donors (Lipinski definition) is 1. The number of nitrogens with one attached hydrogen (secondary N) is 1. The third-order valence-corrected chi connectivity index (χ3v) is 1.15. The van der Waals surface area contributed by atoms with Crippen LogP contribution in [0.2, 0.25) is 0 Å². The lowest BCUT2D eigenvalue weighted by Crippen LogP contribution is -2.21. The number of oxazole rings is 1. The van der Waals surface area contributed by atoms with Gasteiger partial charge in [-0.25, -0.2) is 4.98 Å². The first-order valence-electron chi connectivity index (χ1n) is 3.41. The molecule has 1 aromatic heterocycles. The lowest BCUT2D eigenvalue weighted by molar-refractivity contribution is 0.451. The van der Waals surface area contributed by atoms with E-state index in [4.69, 9.17) is 4.42 Å². The van der Waals surface area contributed by atoms with Crippen molar-refractivity contribution in [2.24, 2.45) is 0 Å². The van der Waals surface area contributed by atoms with Gasteiger partial charge in [-0.05, 0) is 0 Å². The molecule has 0 fully saturated rings. The highest BCUT2D eigenvalue weighted by Gasteiger charge is 1.96. The van der Waals surface area contributed by atoms with Crippen molar-refractivity contribution in [2.45, 2.75) is 26.4 Å². The maximum Gasteiger partial charge on any atom is 0.207 e. The van der Waals surface area contributed by atoms with Gasteiger partial charge in [-0.15, -0.1) is 0 Å². The Bertz CT molecular complexity index is 170. The number of hydrogen-bond acceptors (Lipinski definition) is 3. The van der Waals surface area contributed by atoms with Crippen LogP contribution in [-0.4, -0.2) is 11.0 Å². The van der Waals surface area contributed by atoms with E-state index in [0.29, 0.717) is 12.6 Å². The largest absolute Gasteiger partial charge is 0.448 e. The van der Waals surface area contributed by atoms with Gasteiger partial charge in [-0.1, -0.05) is 13.8 Å². The quantitative estimate of drug-likeness (QED) is 0.685. The predicted molar refractivity (Wildman–Crippen MR) is 38.5 cm³/mol. The minimum absolute atomic E-state index is 0.479. The van der Waals surface area contributed by atoms with Crippen molar-refractivity contribution in [3.05, 3.63) is 18.4 Å². The molecule has 1 aromatic rings. The van der Waals surface area contributed by atoms with Crippen molar-refractivity contribution in [2.75, 3.05) is 0 Å². The molecule has 0 radical (unpaired) electrons. The smallest absolute Gasteiger partial charge is 0.207 e. The Morgan fingerprint density at radius 3 is 3.00 bits per heavy atom. The Labute approximate surface area is 60.5 Å². The van der Waals surface area contributed by atoms with E-state index in [-0.39, 0.29) is 0 Å². The van der Waals surface area contributed by atoms with Gasteiger partial charge in [0.2, 0.25) is 5.89 Å². The van der Waals surface area contributed by atoms with E-state index in [2.05, 4.69) is 24.1 Å². The van der Waals surface area contributed by atoms with Crippen LogP contribution in [0.25, 0.3) is 0 Å². The Kier molecular flexibility index (Phi) is 2.45. The van der Waals surface area contributed by atoms with Crippen LogP contribution in [0.1, 0.15) is 19.7 Å². The molecule has 0 bridgehead atoms. The molecule has 3 nitrogen and oxygen atoms in total. The van der Waals surface area contributed by atoms with Crippen molar-refractivity contribution in [3.8, 4) is 0 Å². The van der Waals surface area contributed by atoms with E-state index >= 15 is 0 Å². The van der Waals surface area contributed by atoms with E-state index in [0.717, 1.165) is 5.89 Å². The molecule has 3 heteroatoms. The van der Waals surface area contributed by atoms with E-state index in [1.165, 1.54) is 0 Å². The number of aromatic nitrogens is 1. The Hall–Kier alpha value is -0.830. The second kappa shape index (κ2) is 3.37. The van der Waals surface area contributed by atoms with E-state index in [1.807, 2.05) is 0 Å². The zero-order valence-electron chi connectivity index (χ0n) is 6.29. The summed E-state index contributed by atoms with van der Waals surface area (Å²) in [7, 11) is 0. The van der Waals surface area contributed by atoms with Gasteiger partial charge in [-0.3, -0.25) is 0 Å². The fraction of sp³-hybridized carbons (Fsp3) is 0.571. The molecule has 1 heterocycles. The van der Waals surface area contributed by atoms with Crippen molar-refractivity contribution in [1.82, 2.24) is 10.3 Å². The van der Waals surface area contributed by atoms with Crippen LogP contribution in [-0.2, 0) is 6.54 Å². The first kappa shape index (κ1) is 7.28. The van der Waals surface area contributed by atoms with Crippen molar-refractivity contribution < 1.29 is 4.42 Å². The first-order chi connectivity index (χ1) is 4.79. The summed E-state index contributed by atoms with van der Waals surface area (Å²) >= 11 is 0. The summed E-state index contributed by atoms with van der Waals surface area (Å²) in [6, 6.07) is 0.479. The summed E-state index contributed by atoms with van der Waals surface area (Å²) in [6.45, 7) is 4.89. The molecule has 10 heavy (non-hydrogen) atoms. The van der Waals surface area contributed by atoms with Crippen LogP contribution in [0.5, 0.6) is 0 Å². The van der Waals surface area contributed by atoms with E-state index in [1.54, 1.807) is 12.5 Å². The van der Waals surface area contributed by atoms with Crippen LogP contribution in [0.3, 0.4) is 0 Å². The van der Waals surface area contributed by atoms with Crippen LogP contribution >= 0.6 is 0 Å². The van der Waals surface area contributed by atoms with Crippen LogP contribution < -0.4 is 5.32 Å². The van der Waals surface area contributed by atoms with Gasteiger partial charge in [0.25, 0.3) is 0 Å². The molecule has 0 aliphatic heterocycles. The average molecular weight is 140 g/mol. The topological polar surface area (TPSA) is 38.1 Å². The van der Waals surface area contributed by atoms with Gasteiger partial charge >= 0.3 is 0 Å². The highest BCUT2D eigenvalue weighted by molar-refractivity contribution is 4.78. The minimum atomic E-state index is 0.479. The molecule has 0 aliphatic rings. The van der Waals surface area contributed by atoms with Gasteiger partial charge in [0, 0.05) is 6.04 Å². The normalized spacial score (nSPS) is 10.7. The molecule has 56 valence electrons.